The maximum Gasteiger partial charge on any atom is 0.0465 e. The smallest absolute Gasteiger partial charge is 0.0465 e. The van der Waals surface area contributed by atoms with Crippen LogP contribution in [0, 0.1) is 6.42 Å². The Bertz CT molecular complexity index is 422. The SMILES string of the molecule is CC(C)(C)P(=[N-])(C(C)(C)C)C(C)(C)C.[Cl-].[Cl-].[N-]=C1C=C[CH+]C=C1.[V]. The Kier molecular flexibility index (Phi) is 15.0. The summed E-state index contributed by atoms with van der Waals surface area (Å²) in [4.78, 5) is 0. The molecule has 0 aromatic rings. The molecule has 0 aliphatic heterocycles. The molecular formula is C18H32Cl2N2PV-3. The van der Waals surface area contributed by atoms with Crippen LogP contribution >= 0.6 is 7.05 Å². The van der Waals surface area contributed by atoms with E-state index < -0.39 is 7.05 Å². The summed E-state index contributed by atoms with van der Waals surface area (Å²) in [5.74, 6) is 0. The average molecular weight is 429 g/mol. The normalized spacial score (nSPS) is 14.1. The molecule has 1 aliphatic carbocycles. The number of allylic oxidation sites excluding steroid dienone is 4. The van der Waals surface area contributed by atoms with E-state index in [0.29, 0.717) is 5.71 Å². The van der Waals surface area contributed by atoms with Crippen molar-refractivity contribution in [2.45, 2.75) is 77.8 Å². The zero-order valence-electron chi connectivity index (χ0n) is 16.4. The third-order valence-corrected chi connectivity index (χ3v) is 9.49. The monoisotopic (exact) mass is 428 g/mol. The summed E-state index contributed by atoms with van der Waals surface area (Å²) in [7, 11) is -2.02. The maximum atomic E-state index is 11.1. The molecule has 0 unspecified atom stereocenters. The van der Waals surface area contributed by atoms with Gasteiger partial charge in [-0.05, 0) is 21.2 Å². The second-order valence-electron chi connectivity index (χ2n) is 8.48. The van der Waals surface area contributed by atoms with Gasteiger partial charge in [0.1, 0.15) is 0 Å². The van der Waals surface area contributed by atoms with Crippen LogP contribution < -0.4 is 24.8 Å². The van der Waals surface area contributed by atoms with Gasteiger partial charge in [-0.2, -0.15) is 0 Å². The van der Waals surface area contributed by atoms with Crippen LogP contribution in [0.2, 0.25) is 0 Å². The van der Waals surface area contributed by atoms with Crippen LogP contribution in [0.1, 0.15) is 62.3 Å². The average Bonchev–Trinajstić information content (AvgIpc) is 2.25. The van der Waals surface area contributed by atoms with Gasteiger partial charge in [0.15, 0.2) is 0 Å². The van der Waals surface area contributed by atoms with Crippen molar-refractivity contribution in [2.24, 2.45) is 0 Å². The van der Waals surface area contributed by atoms with Gasteiger partial charge in [-0.3, -0.25) is 0 Å². The third kappa shape index (κ3) is 8.20. The molecule has 0 N–H and O–H groups in total. The molecule has 1 aliphatic rings. The van der Waals surface area contributed by atoms with Gasteiger partial charge in [0.25, 0.3) is 0 Å². The first-order chi connectivity index (χ1) is 9.14. The van der Waals surface area contributed by atoms with E-state index in [1.807, 2.05) is 6.42 Å². The summed E-state index contributed by atoms with van der Waals surface area (Å²) in [5.41, 5.74) is 0.322. The van der Waals surface area contributed by atoms with Crippen LogP contribution in [0.3, 0.4) is 0 Å². The molecule has 24 heavy (non-hydrogen) atoms. The number of hydrogen-bond donors (Lipinski definition) is 0. The van der Waals surface area contributed by atoms with Gasteiger partial charge < -0.3 is 35.4 Å². The predicted octanol–water partition coefficient (Wildman–Crippen LogP) is 0.485. The molecule has 0 atom stereocenters. The second kappa shape index (κ2) is 11.2. The molecule has 6 heteroatoms. The van der Waals surface area contributed by atoms with Crippen molar-refractivity contribution >= 4 is 12.8 Å². The Morgan fingerprint density at radius 2 is 1.00 bits per heavy atom. The van der Waals surface area contributed by atoms with E-state index in [0.717, 1.165) is 0 Å². The molecule has 0 heterocycles. The Morgan fingerprint density at radius 1 is 0.750 bits per heavy atom. The number of hydrogen-bond acceptors (Lipinski definition) is 0. The van der Waals surface area contributed by atoms with E-state index in [1.165, 1.54) is 0 Å². The third-order valence-electron chi connectivity index (χ3n) is 3.67. The van der Waals surface area contributed by atoms with Crippen molar-refractivity contribution in [3.05, 3.63) is 41.3 Å². The molecule has 0 spiro atoms. The first-order valence-electron chi connectivity index (χ1n) is 7.51. The molecule has 0 aromatic carbocycles. The first-order valence-corrected chi connectivity index (χ1v) is 9.25. The van der Waals surface area contributed by atoms with Gasteiger partial charge >= 0.3 is 0 Å². The summed E-state index contributed by atoms with van der Waals surface area (Å²) in [5, 5.41) is 19.7. The Hall–Kier alpha value is 0.414. The first kappa shape index (κ1) is 32.1. The van der Waals surface area contributed by atoms with Gasteiger partial charge in [0, 0.05) is 49.3 Å². The largest absolute Gasteiger partial charge is 1.00 e. The van der Waals surface area contributed by atoms with Crippen LogP contribution in [0.5, 0.6) is 0 Å². The van der Waals surface area contributed by atoms with E-state index in [9.17, 15) is 5.16 Å². The van der Waals surface area contributed by atoms with Gasteiger partial charge in [-0.1, -0.05) is 62.3 Å². The molecule has 1 radical (unpaired) electrons. The van der Waals surface area contributed by atoms with E-state index >= 15 is 0 Å². The van der Waals surface area contributed by atoms with E-state index in [-0.39, 0.29) is 58.8 Å². The van der Waals surface area contributed by atoms with E-state index in [2.05, 4.69) is 62.3 Å². The van der Waals surface area contributed by atoms with E-state index in [1.54, 1.807) is 24.3 Å². The predicted molar refractivity (Wildman–Crippen MR) is 100 cm³/mol. The van der Waals surface area contributed by atoms with Gasteiger partial charge in [-0.25, -0.2) is 7.05 Å². The fourth-order valence-electron chi connectivity index (χ4n) is 3.45. The van der Waals surface area contributed by atoms with Gasteiger partial charge in [0.05, 0.1) is 0 Å². The Morgan fingerprint density at radius 3 is 1.08 bits per heavy atom. The molecule has 0 bridgehead atoms. The van der Waals surface area contributed by atoms with Crippen molar-refractivity contribution in [2.75, 3.05) is 0 Å². The van der Waals surface area contributed by atoms with Crippen LogP contribution in [0.25, 0.3) is 10.6 Å². The number of nitrogens with zero attached hydrogens (tertiary/aromatic N) is 2. The summed E-state index contributed by atoms with van der Waals surface area (Å²) in [6, 6.07) is 0. The molecule has 0 saturated carbocycles. The minimum Gasteiger partial charge on any atom is -1.00 e. The summed E-state index contributed by atoms with van der Waals surface area (Å²) >= 11 is 0. The zero-order valence-corrected chi connectivity index (χ0v) is 20.2. The van der Waals surface area contributed by atoms with Crippen LogP contribution in [0.4, 0.5) is 0 Å². The zero-order chi connectivity index (χ0) is 17.1. The quantitative estimate of drug-likeness (QED) is 0.398. The van der Waals surface area contributed by atoms with Crippen molar-refractivity contribution in [3.8, 4) is 0 Å². The molecule has 141 valence electrons. The van der Waals surface area contributed by atoms with Crippen molar-refractivity contribution in [1.29, 1.82) is 0 Å². The van der Waals surface area contributed by atoms with Crippen LogP contribution in [0.15, 0.2) is 24.3 Å². The number of halogens is 2. The minimum atomic E-state index is -2.02. The summed E-state index contributed by atoms with van der Waals surface area (Å²) in [6.45, 7) is 19.5. The van der Waals surface area contributed by atoms with Crippen molar-refractivity contribution in [1.82, 2.24) is 0 Å². The standard InChI is InChI=1S/C12H27NP.C6H5N.2ClH.V/c1-10(2,3)14(13,11(4,5)6)12(7,8)9;7-6-4-2-1-3-5-6;;;/h1-9H3;1-5H;2*1H;/q-1;;;;/p-2. The molecule has 0 fully saturated rings. The van der Waals surface area contributed by atoms with Gasteiger partial charge in [0.2, 0.25) is 0 Å². The van der Waals surface area contributed by atoms with Crippen LogP contribution in [-0.2, 0) is 18.6 Å². The maximum absolute atomic E-state index is 11.1. The number of rotatable bonds is 0. The fraction of sp³-hybridized carbons (Fsp3) is 0.667. The molecule has 2 nitrogen and oxygen atoms in total. The fourth-order valence-corrected chi connectivity index (χ4v) is 9.48. The Balaban J connectivity index is -0.000000171. The van der Waals surface area contributed by atoms with Crippen LogP contribution in [-0.4, -0.2) is 21.2 Å². The molecule has 0 aromatic heterocycles. The summed E-state index contributed by atoms with van der Waals surface area (Å²) in [6.07, 6.45) is 8.71. The Labute approximate surface area is 174 Å². The van der Waals surface area contributed by atoms with E-state index in [4.69, 9.17) is 5.41 Å². The molecule has 1 rings (SSSR count). The minimum absolute atomic E-state index is 0. The molecule has 0 saturated heterocycles. The van der Waals surface area contributed by atoms with Gasteiger partial charge in [-0.15, -0.1) is 0 Å². The summed E-state index contributed by atoms with van der Waals surface area (Å²) < 4.78 is 0. The molecular weight excluding hydrogens is 397 g/mol. The second-order valence-corrected chi connectivity index (χ2v) is 13.8. The van der Waals surface area contributed by atoms with Crippen molar-refractivity contribution in [3.63, 3.8) is 0 Å². The molecule has 0 amide bonds. The topological polar surface area (TPSA) is 44.6 Å². The van der Waals surface area contributed by atoms with Crippen molar-refractivity contribution < 1.29 is 43.4 Å².